The Kier molecular flexibility index (Phi) is 2.49. The molecule has 1 aromatic rings. The molecule has 0 amide bonds. The van der Waals surface area contributed by atoms with Gasteiger partial charge in [-0.15, -0.1) is 11.8 Å². The largest absolute Gasteiger partial charge is 0.253 e. The molecule has 3 rings (SSSR count). The smallest absolute Gasteiger partial charge is 0.0110 e. The second kappa shape index (κ2) is 3.72. The average molecular weight is 237 g/mol. The van der Waals surface area contributed by atoms with Crippen LogP contribution in [0.4, 0.5) is 0 Å². The Morgan fingerprint density at radius 2 is 1.93 bits per heavy atom. The number of rotatable bonds is 0. The van der Waals surface area contributed by atoms with Crippen LogP contribution in [0.1, 0.15) is 18.4 Å². The molecule has 0 bridgehead atoms. The summed E-state index contributed by atoms with van der Waals surface area (Å²) in [6.07, 6.45) is 2.53. The summed E-state index contributed by atoms with van der Waals surface area (Å²) in [6.45, 7) is 2.25. The van der Waals surface area contributed by atoms with Gasteiger partial charge in [-0.05, 0) is 24.5 Å². The Bertz CT molecular complexity index is 370. The molecule has 1 saturated heterocycles. The average Bonchev–Trinajstić information content (AvgIpc) is 2.63. The van der Waals surface area contributed by atoms with Crippen molar-refractivity contribution in [2.24, 2.45) is 0 Å². The Balaban J connectivity index is 1.95. The summed E-state index contributed by atoms with van der Waals surface area (Å²) in [5.41, 5.74) is 2.05. The minimum Gasteiger partial charge on any atom is -0.253 e. The molecule has 0 unspecified atom stereocenters. The quantitative estimate of drug-likeness (QED) is 0.691. The van der Waals surface area contributed by atoms with Gasteiger partial charge in [0.1, 0.15) is 0 Å². The first-order valence-corrected chi connectivity index (χ1v) is 6.85. The van der Waals surface area contributed by atoms with Crippen LogP contribution in [0, 0.1) is 0 Å². The van der Waals surface area contributed by atoms with Gasteiger partial charge in [-0.3, -0.25) is 4.31 Å². The SMILES string of the molecule is SN1CCC2(CC1)CSc1ccccc12. The molecule has 15 heavy (non-hydrogen) atoms. The van der Waals surface area contributed by atoms with Crippen LogP contribution >= 0.6 is 24.6 Å². The van der Waals surface area contributed by atoms with E-state index in [1.807, 2.05) is 11.8 Å². The van der Waals surface area contributed by atoms with E-state index in [0.717, 1.165) is 13.1 Å². The maximum absolute atomic E-state index is 4.43. The predicted molar refractivity (Wildman–Crippen MR) is 68.6 cm³/mol. The van der Waals surface area contributed by atoms with Gasteiger partial charge in [-0.1, -0.05) is 31.0 Å². The van der Waals surface area contributed by atoms with Crippen LogP contribution in [0.5, 0.6) is 0 Å². The van der Waals surface area contributed by atoms with E-state index in [9.17, 15) is 0 Å². The molecule has 0 saturated carbocycles. The molecule has 1 aromatic carbocycles. The number of benzene rings is 1. The molecular formula is C12H15NS2. The van der Waals surface area contributed by atoms with Crippen LogP contribution in [-0.4, -0.2) is 23.1 Å². The fraction of sp³-hybridized carbons (Fsp3) is 0.500. The highest BCUT2D eigenvalue weighted by Gasteiger charge is 2.40. The van der Waals surface area contributed by atoms with Crippen LogP contribution in [0.3, 0.4) is 0 Å². The van der Waals surface area contributed by atoms with E-state index < -0.39 is 0 Å². The minimum absolute atomic E-state index is 0.459. The number of nitrogens with zero attached hydrogens (tertiary/aromatic N) is 1. The van der Waals surface area contributed by atoms with Crippen LogP contribution in [0.25, 0.3) is 0 Å². The van der Waals surface area contributed by atoms with Crippen molar-refractivity contribution in [3.63, 3.8) is 0 Å². The van der Waals surface area contributed by atoms with Crippen LogP contribution < -0.4 is 0 Å². The number of thiol groups is 1. The highest BCUT2D eigenvalue weighted by molar-refractivity contribution is 7.99. The second-order valence-corrected chi connectivity index (χ2v) is 6.10. The number of thioether (sulfide) groups is 1. The zero-order chi connectivity index (χ0) is 10.3. The Hall–Kier alpha value is -0.120. The molecule has 1 spiro atoms. The van der Waals surface area contributed by atoms with Gasteiger partial charge in [0.25, 0.3) is 0 Å². The Labute approximate surface area is 101 Å². The predicted octanol–water partition coefficient (Wildman–Crippen LogP) is 2.97. The van der Waals surface area contributed by atoms with Crippen LogP contribution in [0.2, 0.25) is 0 Å². The summed E-state index contributed by atoms with van der Waals surface area (Å²) in [6, 6.07) is 8.92. The maximum Gasteiger partial charge on any atom is 0.0110 e. The van der Waals surface area contributed by atoms with E-state index in [0.29, 0.717) is 5.41 Å². The first kappa shape index (κ1) is 10.1. The molecule has 1 nitrogen and oxygen atoms in total. The van der Waals surface area contributed by atoms with Crippen molar-refractivity contribution in [2.75, 3.05) is 18.8 Å². The van der Waals surface area contributed by atoms with Crippen molar-refractivity contribution in [3.05, 3.63) is 29.8 Å². The third kappa shape index (κ3) is 1.61. The standard InChI is InChI=1S/C12H15NS2/c14-13-7-5-12(6-8-13)9-15-11-4-2-1-3-10(11)12/h1-4,14H,5-9H2. The van der Waals surface area contributed by atoms with E-state index in [-0.39, 0.29) is 0 Å². The highest BCUT2D eigenvalue weighted by atomic mass is 32.2. The lowest BCUT2D eigenvalue weighted by molar-refractivity contribution is 0.271. The second-order valence-electron chi connectivity index (χ2n) is 4.52. The molecule has 0 N–H and O–H groups in total. The summed E-state index contributed by atoms with van der Waals surface area (Å²) in [5, 5.41) is 0. The molecule has 3 heteroatoms. The third-order valence-electron chi connectivity index (χ3n) is 3.66. The third-order valence-corrected chi connectivity index (χ3v) is 5.42. The summed E-state index contributed by atoms with van der Waals surface area (Å²) in [5.74, 6) is 1.27. The molecule has 2 heterocycles. The zero-order valence-corrected chi connectivity index (χ0v) is 10.4. The first-order valence-electron chi connectivity index (χ1n) is 5.46. The van der Waals surface area contributed by atoms with Crippen LogP contribution in [-0.2, 0) is 5.41 Å². The fourth-order valence-corrected chi connectivity index (χ4v) is 4.35. The van der Waals surface area contributed by atoms with Crippen molar-refractivity contribution in [1.82, 2.24) is 4.31 Å². The van der Waals surface area contributed by atoms with Crippen molar-refractivity contribution < 1.29 is 0 Å². The van der Waals surface area contributed by atoms with Gasteiger partial charge in [0, 0.05) is 29.2 Å². The van der Waals surface area contributed by atoms with Gasteiger partial charge in [0.2, 0.25) is 0 Å². The maximum atomic E-state index is 4.43. The lowest BCUT2D eigenvalue weighted by Gasteiger charge is -2.37. The number of fused-ring (bicyclic) bond motifs is 2. The van der Waals surface area contributed by atoms with Gasteiger partial charge < -0.3 is 0 Å². The number of hydrogen-bond acceptors (Lipinski definition) is 3. The molecular weight excluding hydrogens is 222 g/mol. The van der Waals surface area contributed by atoms with Crippen molar-refractivity contribution >= 4 is 24.6 Å². The first-order chi connectivity index (χ1) is 7.30. The Morgan fingerprint density at radius 1 is 1.20 bits per heavy atom. The van der Waals surface area contributed by atoms with Crippen LogP contribution in [0.15, 0.2) is 29.2 Å². The van der Waals surface area contributed by atoms with Gasteiger partial charge >= 0.3 is 0 Å². The van der Waals surface area contributed by atoms with E-state index in [2.05, 4.69) is 41.4 Å². The van der Waals surface area contributed by atoms with E-state index >= 15 is 0 Å². The normalized spacial score (nSPS) is 24.3. The van der Waals surface area contributed by atoms with Crippen molar-refractivity contribution in [3.8, 4) is 0 Å². The van der Waals surface area contributed by atoms with Crippen molar-refractivity contribution in [2.45, 2.75) is 23.2 Å². The number of hydrogen-bond donors (Lipinski definition) is 1. The van der Waals surface area contributed by atoms with Gasteiger partial charge in [0.05, 0.1) is 0 Å². The van der Waals surface area contributed by atoms with E-state index in [1.54, 1.807) is 5.56 Å². The molecule has 0 aromatic heterocycles. The van der Waals surface area contributed by atoms with Gasteiger partial charge in [-0.25, -0.2) is 0 Å². The lowest BCUT2D eigenvalue weighted by Crippen LogP contribution is -2.39. The van der Waals surface area contributed by atoms with Gasteiger partial charge in [-0.2, -0.15) is 0 Å². The van der Waals surface area contributed by atoms with Gasteiger partial charge in [0.15, 0.2) is 0 Å². The fourth-order valence-electron chi connectivity index (χ4n) is 2.66. The summed E-state index contributed by atoms with van der Waals surface area (Å²) in [4.78, 5) is 1.50. The number of piperidine rings is 1. The molecule has 1 fully saturated rings. The molecule has 0 atom stereocenters. The van der Waals surface area contributed by atoms with Crippen molar-refractivity contribution in [1.29, 1.82) is 0 Å². The molecule has 2 aliphatic heterocycles. The summed E-state index contributed by atoms with van der Waals surface area (Å²) < 4.78 is 2.15. The van der Waals surface area contributed by atoms with E-state index in [1.165, 1.54) is 23.5 Å². The Morgan fingerprint density at radius 3 is 2.73 bits per heavy atom. The monoisotopic (exact) mass is 237 g/mol. The molecule has 0 aliphatic carbocycles. The lowest BCUT2D eigenvalue weighted by atomic mass is 9.75. The molecule has 80 valence electrons. The minimum atomic E-state index is 0.459. The highest BCUT2D eigenvalue weighted by Crippen LogP contribution is 2.49. The summed E-state index contributed by atoms with van der Waals surface area (Å²) >= 11 is 6.47. The summed E-state index contributed by atoms with van der Waals surface area (Å²) in [7, 11) is 0. The zero-order valence-electron chi connectivity index (χ0n) is 8.65. The molecule has 0 radical (unpaired) electrons. The topological polar surface area (TPSA) is 3.24 Å². The van der Waals surface area contributed by atoms with E-state index in [4.69, 9.17) is 0 Å². The molecule has 2 aliphatic rings.